The molecule has 1 aliphatic rings. The zero-order valence-electron chi connectivity index (χ0n) is 9.20. The van der Waals surface area contributed by atoms with Crippen LogP contribution in [0.4, 0.5) is 5.69 Å². The second kappa shape index (κ2) is 5.99. The smallest absolute Gasteiger partial charge is 0.0367 e. The number of anilines is 1. The van der Waals surface area contributed by atoms with E-state index in [-0.39, 0.29) is 12.4 Å². The Balaban J connectivity index is 0.00000112. The first-order valence-electron chi connectivity index (χ1n) is 5.45. The summed E-state index contributed by atoms with van der Waals surface area (Å²) in [6.07, 6.45) is 1.13. The van der Waals surface area contributed by atoms with E-state index in [9.17, 15) is 0 Å². The summed E-state index contributed by atoms with van der Waals surface area (Å²) in [4.78, 5) is 2.44. The molecule has 2 nitrogen and oxygen atoms in total. The Kier molecular flexibility index (Phi) is 4.92. The van der Waals surface area contributed by atoms with Gasteiger partial charge in [-0.25, -0.2) is 0 Å². The summed E-state index contributed by atoms with van der Waals surface area (Å²) in [6.45, 7) is 6.67. The molecule has 1 N–H and O–H groups in total. The molecule has 1 aliphatic heterocycles. The Morgan fingerprint density at radius 2 is 1.73 bits per heavy atom. The van der Waals surface area contributed by atoms with Crippen LogP contribution in [-0.4, -0.2) is 26.2 Å². The molecule has 1 saturated heterocycles. The molecular formula is C12H19ClN2. The number of benzene rings is 1. The summed E-state index contributed by atoms with van der Waals surface area (Å²) in [5.74, 6) is 0. The van der Waals surface area contributed by atoms with Crippen molar-refractivity contribution in [3.8, 4) is 0 Å². The Bertz CT molecular complexity index is 278. The molecule has 0 aromatic heterocycles. The standard InChI is InChI=1S/C12H18N2.ClH/c1-2-11-3-5-12(6-4-11)14-9-7-13-8-10-14;/h3-6,13H,2,7-10H2,1H3;1H. The summed E-state index contributed by atoms with van der Waals surface area (Å²) >= 11 is 0. The van der Waals surface area contributed by atoms with Gasteiger partial charge in [-0.05, 0) is 24.1 Å². The number of piperazine rings is 1. The molecule has 1 fully saturated rings. The summed E-state index contributed by atoms with van der Waals surface area (Å²) < 4.78 is 0. The lowest BCUT2D eigenvalue weighted by atomic mass is 10.1. The van der Waals surface area contributed by atoms with Gasteiger partial charge in [-0.3, -0.25) is 0 Å². The van der Waals surface area contributed by atoms with Crippen molar-refractivity contribution >= 4 is 18.1 Å². The second-order valence-electron chi connectivity index (χ2n) is 3.76. The lowest BCUT2D eigenvalue weighted by molar-refractivity contribution is 0.589. The lowest BCUT2D eigenvalue weighted by Gasteiger charge is -2.29. The molecule has 0 bridgehead atoms. The van der Waals surface area contributed by atoms with E-state index in [0.29, 0.717) is 0 Å². The van der Waals surface area contributed by atoms with Gasteiger partial charge in [0.2, 0.25) is 0 Å². The first kappa shape index (κ1) is 12.3. The average Bonchev–Trinajstić information content (AvgIpc) is 2.30. The molecule has 0 saturated carbocycles. The molecule has 0 spiro atoms. The normalized spacial score (nSPS) is 15.9. The van der Waals surface area contributed by atoms with Gasteiger partial charge in [0.1, 0.15) is 0 Å². The minimum Gasteiger partial charge on any atom is -0.369 e. The number of rotatable bonds is 2. The van der Waals surface area contributed by atoms with Gasteiger partial charge in [0, 0.05) is 31.9 Å². The molecule has 1 aromatic carbocycles. The third-order valence-electron chi connectivity index (χ3n) is 2.83. The van der Waals surface area contributed by atoms with Crippen molar-refractivity contribution in [2.45, 2.75) is 13.3 Å². The number of hydrogen-bond acceptors (Lipinski definition) is 2. The molecule has 2 rings (SSSR count). The van der Waals surface area contributed by atoms with Crippen LogP contribution in [0.15, 0.2) is 24.3 Å². The first-order valence-corrected chi connectivity index (χ1v) is 5.45. The van der Waals surface area contributed by atoms with E-state index in [1.807, 2.05) is 0 Å². The highest BCUT2D eigenvalue weighted by Crippen LogP contribution is 2.15. The molecule has 1 aromatic rings. The van der Waals surface area contributed by atoms with E-state index in [4.69, 9.17) is 0 Å². The Morgan fingerprint density at radius 1 is 1.13 bits per heavy atom. The fourth-order valence-corrected chi connectivity index (χ4v) is 1.87. The largest absolute Gasteiger partial charge is 0.369 e. The van der Waals surface area contributed by atoms with Gasteiger partial charge in [-0.15, -0.1) is 12.4 Å². The van der Waals surface area contributed by atoms with Crippen LogP contribution < -0.4 is 10.2 Å². The third-order valence-corrected chi connectivity index (χ3v) is 2.83. The quantitative estimate of drug-likeness (QED) is 0.831. The van der Waals surface area contributed by atoms with Gasteiger partial charge in [0.05, 0.1) is 0 Å². The third kappa shape index (κ3) is 3.11. The fraction of sp³-hybridized carbons (Fsp3) is 0.500. The minimum absolute atomic E-state index is 0. The maximum atomic E-state index is 3.37. The van der Waals surface area contributed by atoms with Crippen LogP contribution in [0, 0.1) is 0 Å². The van der Waals surface area contributed by atoms with Crippen molar-refractivity contribution in [2.24, 2.45) is 0 Å². The van der Waals surface area contributed by atoms with Gasteiger partial charge in [-0.2, -0.15) is 0 Å². The molecule has 0 atom stereocenters. The summed E-state index contributed by atoms with van der Waals surface area (Å²) in [5, 5.41) is 3.37. The number of hydrogen-bond donors (Lipinski definition) is 1. The van der Waals surface area contributed by atoms with Crippen LogP contribution in [-0.2, 0) is 6.42 Å². The maximum Gasteiger partial charge on any atom is 0.0367 e. The van der Waals surface area contributed by atoms with Crippen molar-refractivity contribution in [1.82, 2.24) is 5.32 Å². The van der Waals surface area contributed by atoms with Gasteiger partial charge in [0.25, 0.3) is 0 Å². The van der Waals surface area contributed by atoms with E-state index in [2.05, 4.69) is 41.4 Å². The van der Waals surface area contributed by atoms with Crippen LogP contribution in [0.3, 0.4) is 0 Å². The second-order valence-corrected chi connectivity index (χ2v) is 3.76. The minimum atomic E-state index is 0. The molecule has 0 radical (unpaired) electrons. The van der Waals surface area contributed by atoms with Crippen molar-refractivity contribution in [1.29, 1.82) is 0 Å². The highest BCUT2D eigenvalue weighted by atomic mass is 35.5. The van der Waals surface area contributed by atoms with E-state index in [1.54, 1.807) is 0 Å². The molecule has 84 valence electrons. The maximum absolute atomic E-state index is 3.37. The van der Waals surface area contributed by atoms with Crippen LogP contribution in [0.1, 0.15) is 12.5 Å². The number of nitrogens with one attached hydrogen (secondary N) is 1. The zero-order chi connectivity index (χ0) is 9.80. The van der Waals surface area contributed by atoms with E-state index >= 15 is 0 Å². The predicted octanol–water partition coefficient (Wildman–Crippen LogP) is 2.08. The topological polar surface area (TPSA) is 15.3 Å². The van der Waals surface area contributed by atoms with E-state index < -0.39 is 0 Å². The highest BCUT2D eigenvalue weighted by Gasteiger charge is 2.09. The van der Waals surface area contributed by atoms with Gasteiger partial charge < -0.3 is 10.2 Å². The lowest BCUT2D eigenvalue weighted by Crippen LogP contribution is -2.43. The van der Waals surface area contributed by atoms with Crippen molar-refractivity contribution in [2.75, 3.05) is 31.1 Å². The Labute approximate surface area is 98.1 Å². The molecular weight excluding hydrogens is 208 g/mol. The number of aryl methyl sites for hydroxylation is 1. The molecule has 0 aliphatic carbocycles. The molecule has 0 amide bonds. The van der Waals surface area contributed by atoms with Crippen molar-refractivity contribution in [3.63, 3.8) is 0 Å². The van der Waals surface area contributed by atoms with Crippen molar-refractivity contribution < 1.29 is 0 Å². The van der Waals surface area contributed by atoms with Gasteiger partial charge >= 0.3 is 0 Å². The van der Waals surface area contributed by atoms with Crippen LogP contribution in [0.5, 0.6) is 0 Å². The SMILES string of the molecule is CCc1ccc(N2CCNCC2)cc1.Cl. The van der Waals surface area contributed by atoms with Crippen molar-refractivity contribution in [3.05, 3.63) is 29.8 Å². The van der Waals surface area contributed by atoms with Crippen LogP contribution in [0.25, 0.3) is 0 Å². The molecule has 15 heavy (non-hydrogen) atoms. The molecule has 0 unspecified atom stereocenters. The molecule has 1 heterocycles. The number of halogens is 1. The Hall–Kier alpha value is -0.730. The average molecular weight is 227 g/mol. The summed E-state index contributed by atoms with van der Waals surface area (Å²) in [5.41, 5.74) is 2.78. The highest BCUT2D eigenvalue weighted by molar-refractivity contribution is 5.85. The summed E-state index contributed by atoms with van der Waals surface area (Å²) in [6, 6.07) is 8.95. The van der Waals surface area contributed by atoms with Crippen LogP contribution >= 0.6 is 12.4 Å². The van der Waals surface area contributed by atoms with Crippen LogP contribution in [0.2, 0.25) is 0 Å². The molecule has 3 heteroatoms. The predicted molar refractivity (Wildman–Crippen MR) is 68.2 cm³/mol. The number of nitrogens with zero attached hydrogens (tertiary/aromatic N) is 1. The monoisotopic (exact) mass is 226 g/mol. The fourth-order valence-electron chi connectivity index (χ4n) is 1.87. The van der Waals surface area contributed by atoms with Gasteiger partial charge in [0.15, 0.2) is 0 Å². The zero-order valence-corrected chi connectivity index (χ0v) is 10.0. The summed E-state index contributed by atoms with van der Waals surface area (Å²) in [7, 11) is 0. The Morgan fingerprint density at radius 3 is 2.27 bits per heavy atom. The van der Waals surface area contributed by atoms with E-state index in [1.165, 1.54) is 11.3 Å². The first-order chi connectivity index (χ1) is 6.90. The van der Waals surface area contributed by atoms with E-state index in [0.717, 1.165) is 32.6 Å². The van der Waals surface area contributed by atoms with Gasteiger partial charge in [-0.1, -0.05) is 19.1 Å².